The van der Waals surface area contributed by atoms with Gasteiger partial charge in [-0.2, -0.15) is 18.3 Å². The van der Waals surface area contributed by atoms with Crippen LogP contribution in [0.25, 0.3) is 16.9 Å². The number of halogens is 4. The van der Waals surface area contributed by atoms with Crippen LogP contribution in [0, 0.1) is 0 Å². The number of amides is 1. The van der Waals surface area contributed by atoms with E-state index in [1.165, 1.54) is 0 Å². The summed E-state index contributed by atoms with van der Waals surface area (Å²) in [4.78, 5) is 14.4. The van der Waals surface area contributed by atoms with E-state index in [2.05, 4.69) is 5.10 Å². The van der Waals surface area contributed by atoms with Gasteiger partial charge in [0, 0.05) is 17.7 Å². The second kappa shape index (κ2) is 8.36. The molecule has 1 atom stereocenters. The van der Waals surface area contributed by atoms with Crippen molar-refractivity contribution in [3.05, 3.63) is 70.9 Å². The third-order valence-corrected chi connectivity index (χ3v) is 5.68. The van der Waals surface area contributed by atoms with Gasteiger partial charge in [0.05, 0.1) is 29.1 Å². The number of likely N-dealkylation sites (tertiary alicyclic amines) is 1. The maximum Gasteiger partial charge on any atom is 0.435 e. The molecule has 0 bridgehead atoms. The number of nitrogens with zero attached hydrogens (tertiary/aromatic N) is 3. The van der Waals surface area contributed by atoms with E-state index in [4.69, 9.17) is 11.6 Å². The number of carbonyl (C=O) groups is 1. The first-order valence-corrected chi connectivity index (χ1v) is 10.1. The molecule has 9 heteroatoms. The molecule has 1 aromatic heterocycles. The zero-order chi connectivity index (χ0) is 22.2. The molecule has 1 fully saturated rings. The van der Waals surface area contributed by atoms with Gasteiger partial charge in [0.15, 0.2) is 5.69 Å². The van der Waals surface area contributed by atoms with Crippen LogP contribution in [0.1, 0.15) is 28.9 Å². The smallest absolute Gasteiger partial charge is 0.394 e. The first-order valence-electron chi connectivity index (χ1n) is 9.74. The van der Waals surface area contributed by atoms with Crippen LogP contribution in [0.15, 0.2) is 54.6 Å². The van der Waals surface area contributed by atoms with E-state index in [0.717, 1.165) is 23.6 Å². The number of benzene rings is 2. The normalized spacial score (nSPS) is 16.7. The number of hydrogen-bond acceptors (Lipinski definition) is 3. The van der Waals surface area contributed by atoms with Gasteiger partial charge in [-0.1, -0.05) is 35.9 Å². The maximum atomic E-state index is 13.3. The lowest BCUT2D eigenvalue weighted by atomic mass is 10.1. The summed E-state index contributed by atoms with van der Waals surface area (Å²) in [6, 6.07) is 13.6. The summed E-state index contributed by atoms with van der Waals surface area (Å²) >= 11 is 6.20. The molecule has 2 aromatic carbocycles. The van der Waals surface area contributed by atoms with Crippen molar-refractivity contribution < 1.29 is 23.1 Å². The third kappa shape index (κ3) is 4.18. The second-order valence-corrected chi connectivity index (χ2v) is 7.74. The Hall–Kier alpha value is -2.84. The molecule has 31 heavy (non-hydrogen) atoms. The molecular weight excluding hydrogens is 431 g/mol. The molecule has 1 aliphatic heterocycles. The summed E-state index contributed by atoms with van der Waals surface area (Å²) in [7, 11) is 0. The number of aliphatic hydroxyl groups is 1. The van der Waals surface area contributed by atoms with E-state index >= 15 is 0 Å². The largest absolute Gasteiger partial charge is 0.435 e. The standard InChI is InChI=1S/C22H19ClF3N3O2/c23-17-5-1-2-6-18(17)29-19(12-20(27-29)22(24,25)26)14-7-9-15(10-8-14)21(31)28-11-3-4-16(28)13-30/h1-2,5-10,12,16,30H,3-4,11,13H2. The average Bonchev–Trinajstić information content (AvgIpc) is 3.41. The number of para-hydroxylation sites is 1. The summed E-state index contributed by atoms with van der Waals surface area (Å²) in [5.41, 5.74) is 0.348. The van der Waals surface area contributed by atoms with Crippen molar-refractivity contribution in [2.45, 2.75) is 25.1 Å². The lowest BCUT2D eigenvalue weighted by Gasteiger charge is -2.23. The fourth-order valence-electron chi connectivity index (χ4n) is 3.77. The van der Waals surface area contributed by atoms with Crippen molar-refractivity contribution in [2.24, 2.45) is 0 Å². The molecule has 2 heterocycles. The number of hydrogen-bond donors (Lipinski definition) is 1. The fourth-order valence-corrected chi connectivity index (χ4v) is 3.99. The first kappa shape index (κ1) is 21.4. The molecule has 1 saturated heterocycles. The van der Waals surface area contributed by atoms with Gasteiger partial charge in [0.25, 0.3) is 5.91 Å². The van der Waals surface area contributed by atoms with E-state index in [0.29, 0.717) is 23.4 Å². The summed E-state index contributed by atoms with van der Waals surface area (Å²) in [5.74, 6) is -0.210. The van der Waals surface area contributed by atoms with Crippen LogP contribution in [0.5, 0.6) is 0 Å². The van der Waals surface area contributed by atoms with Crippen LogP contribution in [0.3, 0.4) is 0 Å². The molecule has 1 aliphatic rings. The highest BCUT2D eigenvalue weighted by Crippen LogP contribution is 2.34. The fraction of sp³-hybridized carbons (Fsp3) is 0.273. The summed E-state index contributed by atoms with van der Waals surface area (Å²) < 4.78 is 41.2. The minimum atomic E-state index is -4.62. The Morgan fingerprint density at radius 1 is 1.16 bits per heavy atom. The molecule has 3 aromatic rings. The molecule has 1 N–H and O–H groups in total. The van der Waals surface area contributed by atoms with E-state index < -0.39 is 11.9 Å². The Balaban J connectivity index is 1.72. The van der Waals surface area contributed by atoms with Gasteiger partial charge in [-0.05, 0) is 43.2 Å². The molecule has 1 unspecified atom stereocenters. The summed E-state index contributed by atoms with van der Waals surface area (Å²) in [6.45, 7) is 0.473. The Morgan fingerprint density at radius 2 is 1.87 bits per heavy atom. The van der Waals surface area contributed by atoms with Gasteiger partial charge in [0.1, 0.15) is 0 Å². The van der Waals surface area contributed by atoms with Crippen LogP contribution in [0.4, 0.5) is 13.2 Å². The Labute approximate surface area is 181 Å². The molecule has 0 saturated carbocycles. The Kier molecular flexibility index (Phi) is 5.77. The summed E-state index contributed by atoms with van der Waals surface area (Å²) in [5, 5.41) is 13.4. The van der Waals surface area contributed by atoms with Crippen molar-refractivity contribution in [3.8, 4) is 16.9 Å². The van der Waals surface area contributed by atoms with Gasteiger partial charge in [0.2, 0.25) is 0 Å². The van der Waals surface area contributed by atoms with Crippen molar-refractivity contribution in [1.29, 1.82) is 0 Å². The van der Waals surface area contributed by atoms with Gasteiger partial charge in [-0.25, -0.2) is 4.68 Å². The molecule has 0 aliphatic carbocycles. The third-order valence-electron chi connectivity index (χ3n) is 5.36. The van der Waals surface area contributed by atoms with Gasteiger partial charge in [-0.3, -0.25) is 4.79 Å². The Bertz CT molecular complexity index is 1100. The number of aliphatic hydroxyl groups excluding tert-OH is 1. The highest BCUT2D eigenvalue weighted by atomic mass is 35.5. The molecule has 162 valence electrons. The minimum absolute atomic E-state index is 0.0962. The lowest BCUT2D eigenvalue weighted by Crippen LogP contribution is -2.37. The average molecular weight is 450 g/mol. The van der Waals surface area contributed by atoms with Crippen molar-refractivity contribution >= 4 is 17.5 Å². The van der Waals surface area contributed by atoms with Crippen molar-refractivity contribution in [1.82, 2.24) is 14.7 Å². The maximum absolute atomic E-state index is 13.3. The molecule has 0 spiro atoms. The van der Waals surface area contributed by atoms with Crippen molar-refractivity contribution in [3.63, 3.8) is 0 Å². The van der Waals surface area contributed by atoms with Crippen LogP contribution >= 0.6 is 11.6 Å². The summed E-state index contributed by atoms with van der Waals surface area (Å²) in [6.07, 6.45) is -3.05. The lowest BCUT2D eigenvalue weighted by molar-refractivity contribution is -0.141. The number of rotatable bonds is 4. The molecule has 1 amide bonds. The van der Waals surface area contributed by atoms with Gasteiger partial charge < -0.3 is 10.0 Å². The number of alkyl halides is 3. The zero-order valence-corrected chi connectivity index (χ0v) is 17.1. The highest BCUT2D eigenvalue weighted by molar-refractivity contribution is 6.32. The predicted molar refractivity (Wildman–Crippen MR) is 110 cm³/mol. The van der Waals surface area contributed by atoms with Gasteiger partial charge >= 0.3 is 6.18 Å². The van der Waals surface area contributed by atoms with Crippen LogP contribution in [-0.2, 0) is 6.18 Å². The van der Waals surface area contributed by atoms with Crippen LogP contribution in [0.2, 0.25) is 5.02 Å². The number of aromatic nitrogens is 2. The first-order chi connectivity index (χ1) is 14.8. The van der Waals surface area contributed by atoms with E-state index in [9.17, 15) is 23.1 Å². The highest BCUT2D eigenvalue weighted by Gasteiger charge is 2.35. The predicted octanol–water partition coefficient (Wildman–Crippen LogP) is 4.81. The SMILES string of the molecule is O=C(c1ccc(-c2cc(C(F)(F)F)nn2-c2ccccc2Cl)cc1)N1CCCC1CO. The van der Waals surface area contributed by atoms with E-state index in [1.54, 1.807) is 53.4 Å². The van der Waals surface area contributed by atoms with E-state index in [1.807, 2.05) is 0 Å². The quantitative estimate of drug-likeness (QED) is 0.622. The van der Waals surface area contributed by atoms with Gasteiger partial charge in [-0.15, -0.1) is 0 Å². The minimum Gasteiger partial charge on any atom is -0.394 e. The molecule has 4 rings (SSSR count). The molecule has 0 radical (unpaired) electrons. The molecular formula is C22H19ClF3N3O2. The number of carbonyl (C=O) groups excluding carboxylic acids is 1. The zero-order valence-electron chi connectivity index (χ0n) is 16.3. The van der Waals surface area contributed by atoms with Crippen LogP contribution in [-0.4, -0.2) is 44.9 Å². The topological polar surface area (TPSA) is 58.4 Å². The van der Waals surface area contributed by atoms with E-state index in [-0.39, 0.29) is 29.3 Å². The monoisotopic (exact) mass is 449 g/mol. The Morgan fingerprint density at radius 3 is 2.52 bits per heavy atom. The van der Waals surface area contributed by atoms with Crippen molar-refractivity contribution in [2.75, 3.05) is 13.2 Å². The second-order valence-electron chi connectivity index (χ2n) is 7.33. The molecule has 5 nitrogen and oxygen atoms in total. The van der Waals surface area contributed by atoms with Crippen LogP contribution < -0.4 is 0 Å².